The topological polar surface area (TPSA) is 69.6 Å². The van der Waals surface area contributed by atoms with Crippen molar-refractivity contribution in [3.05, 3.63) is 128 Å². The summed E-state index contributed by atoms with van der Waals surface area (Å²) in [6, 6.07) is 25.9. The lowest BCUT2D eigenvalue weighted by molar-refractivity contribution is 0.298. The Kier molecular flexibility index (Phi) is 6.72. The minimum atomic E-state index is -0.339. The van der Waals surface area contributed by atoms with Gasteiger partial charge in [0.25, 0.3) is 5.56 Å². The van der Waals surface area contributed by atoms with Gasteiger partial charge in [-0.05, 0) is 82.2 Å². The first-order valence-corrected chi connectivity index (χ1v) is 13.0. The number of benzene rings is 4. The average Bonchev–Trinajstić information content (AvgIpc) is 3.36. The monoisotopic (exact) mass is 601 g/mol. The summed E-state index contributed by atoms with van der Waals surface area (Å²) < 4.78 is 27.6. The second kappa shape index (κ2) is 10.5. The predicted molar refractivity (Wildman–Crippen MR) is 154 cm³/mol. The maximum atomic E-state index is 13.9. The highest BCUT2D eigenvalue weighted by molar-refractivity contribution is 9.10. The Balaban J connectivity index is 1.36. The van der Waals surface area contributed by atoms with Gasteiger partial charge in [0.05, 0.1) is 21.6 Å². The number of hydrogen-bond acceptors (Lipinski definition) is 5. The SMILES string of the molecule is O=c1c2ccccc2nc(-c2cc3cc(Cl)ccc3o2)n1N=Cc1ccc(OCc2ccccc2F)c(Br)c1. The molecule has 0 spiro atoms. The van der Waals surface area contributed by atoms with Gasteiger partial charge in [-0.25, -0.2) is 9.37 Å². The number of hydrogen-bond donors (Lipinski definition) is 0. The number of furan rings is 1. The summed E-state index contributed by atoms with van der Waals surface area (Å²) >= 11 is 9.64. The molecule has 4 aromatic carbocycles. The van der Waals surface area contributed by atoms with Crippen molar-refractivity contribution in [1.82, 2.24) is 9.66 Å². The van der Waals surface area contributed by atoms with E-state index in [9.17, 15) is 9.18 Å². The summed E-state index contributed by atoms with van der Waals surface area (Å²) in [5, 5.41) is 6.27. The van der Waals surface area contributed by atoms with Crippen LogP contribution in [0.25, 0.3) is 33.5 Å². The molecule has 0 aliphatic rings. The molecule has 39 heavy (non-hydrogen) atoms. The summed E-state index contributed by atoms with van der Waals surface area (Å²) in [6.45, 7) is 0.0862. The standard InChI is InChI=1S/C30H18BrClFN3O3/c31-23-13-18(9-11-27(23)38-17-19-5-1-3-7-24(19)33)16-34-36-29(35-25-8-4-2-6-22(25)30(36)37)28-15-20-14-21(32)10-12-26(20)39-28/h1-16H,17H2. The normalized spacial score (nSPS) is 11.6. The highest BCUT2D eigenvalue weighted by Gasteiger charge is 2.16. The maximum absolute atomic E-state index is 13.9. The number of ether oxygens (including phenoxy) is 1. The van der Waals surface area contributed by atoms with Crippen LogP contribution in [0, 0.1) is 5.82 Å². The third-order valence-electron chi connectivity index (χ3n) is 6.07. The summed E-state index contributed by atoms with van der Waals surface area (Å²) in [5.41, 5.74) is 1.96. The minimum Gasteiger partial charge on any atom is -0.488 e. The van der Waals surface area contributed by atoms with Crippen LogP contribution < -0.4 is 10.3 Å². The van der Waals surface area contributed by atoms with Crippen molar-refractivity contribution < 1.29 is 13.5 Å². The fraction of sp³-hybridized carbons (Fsp3) is 0.0333. The summed E-state index contributed by atoms with van der Waals surface area (Å²) in [6.07, 6.45) is 1.55. The van der Waals surface area contributed by atoms with Crippen LogP contribution in [0.5, 0.6) is 5.75 Å². The zero-order valence-corrected chi connectivity index (χ0v) is 22.5. The van der Waals surface area contributed by atoms with E-state index in [0.717, 1.165) is 5.39 Å². The van der Waals surface area contributed by atoms with Gasteiger partial charge in [-0.2, -0.15) is 9.78 Å². The molecule has 0 unspecified atom stereocenters. The van der Waals surface area contributed by atoms with Crippen molar-refractivity contribution >= 4 is 55.6 Å². The fourth-order valence-electron chi connectivity index (χ4n) is 4.12. The third-order valence-corrected chi connectivity index (χ3v) is 6.93. The van der Waals surface area contributed by atoms with Crippen LogP contribution in [0.15, 0.2) is 110 Å². The molecule has 0 saturated heterocycles. The first-order valence-electron chi connectivity index (χ1n) is 11.9. The molecule has 0 fully saturated rings. The molecule has 0 aliphatic carbocycles. The number of para-hydroxylation sites is 1. The maximum Gasteiger partial charge on any atom is 0.282 e. The van der Waals surface area contributed by atoms with E-state index in [1.54, 1.807) is 85.1 Å². The van der Waals surface area contributed by atoms with E-state index in [1.807, 2.05) is 6.07 Å². The van der Waals surface area contributed by atoms with Gasteiger partial charge in [-0.3, -0.25) is 4.79 Å². The molecule has 6 aromatic rings. The molecule has 0 bridgehead atoms. The highest BCUT2D eigenvalue weighted by Crippen LogP contribution is 2.30. The lowest BCUT2D eigenvalue weighted by Crippen LogP contribution is -2.20. The van der Waals surface area contributed by atoms with Crippen LogP contribution in [0.3, 0.4) is 0 Å². The van der Waals surface area contributed by atoms with Gasteiger partial charge in [0, 0.05) is 16.0 Å². The Morgan fingerprint density at radius 2 is 1.85 bits per heavy atom. The highest BCUT2D eigenvalue weighted by atomic mass is 79.9. The Labute approximate surface area is 235 Å². The first-order chi connectivity index (χ1) is 19.0. The minimum absolute atomic E-state index is 0.0862. The van der Waals surface area contributed by atoms with Crippen LogP contribution in [0.2, 0.25) is 5.02 Å². The van der Waals surface area contributed by atoms with Crippen molar-refractivity contribution in [3.63, 3.8) is 0 Å². The number of nitrogens with zero attached hydrogens (tertiary/aromatic N) is 3. The van der Waals surface area contributed by atoms with E-state index in [1.165, 1.54) is 10.7 Å². The molecular formula is C30H18BrClFN3O3. The first kappa shape index (κ1) is 25.0. The van der Waals surface area contributed by atoms with Gasteiger partial charge < -0.3 is 9.15 Å². The van der Waals surface area contributed by atoms with Crippen LogP contribution in [0.4, 0.5) is 4.39 Å². The van der Waals surface area contributed by atoms with Gasteiger partial charge in [-0.15, -0.1) is 0 Å². The van der Waals surface area contributed by atoms with Crippen LogP contribution in [-0.4, -0.2) is 15.9 Å². The van der Waals surface area contributed by atoms with E-state index in [0.29, 0.717) is 48.6 Å². The lowest BCUT2D eigenvalue weighted by atomic mass is 10.2. The Hall–Kier alpha value is -4.27. The van der Waals surface area contributed by atoms with E-state index in [4.69, 9.17) is 25.7 Å². The second-order valence-corrected chi connectivity index (χ2v) is 9.97. The molecule has 0 radical (unpaired) electrons. The molecule has 0 N–H and O–H groups in total. The molecular weight excluding hydrogens is 585 g/mol. The van der Waals surface area contributed by atoms with Crippen LogP contribution in [-0.2, 0) is 6.61 Å². The summed E-state index contributed by atoms with van der Waals surface area (Å²) in [4.78, 5) is 18.2. The molecule has 6 rings (SSSR count). The van der Waals surface area contributed by atoms with Crippen LogP contribution >= 0.6 is 27.5 Å². The van der Waals surface area contributed by atoms with E-state index < -0.39 is 0 Å². The van der Waals surface area contributed by atoms with Gasteiger partial charge >= 0.3 is 0 Å². The zero-order valence-electron chi connectivity index (χ0n) is 20.1. The smallest absolute Gasteiger partial charge is 0.282 e. The van der Waals surface area contributed by atoms with Crippen molar-refractivity contribution in [3.8, 4) is 17.3 Å². The predicted octanol–water partition coefficient (Wildman–Crippen LogP) is 7.83. The fourth-order valence-corrected chi connectivity index (χ4v) is 4.82. The molecule has 2 aromatic heterocycles. The molecule has 2 heterocycles. The lowest BCUT2D eigenvalue weighted by Gasteiger charge is -2.10. The van der Waals surface area contributed by atoms with Crippen molar-refractivity contribution in [2.24, 2.45) is 5.10 Å². The number of rotatable bonds is 6. The quantitative estimate of drug-likeness (QED) is 0.182. The van der Waals surface area contributed by atoms with Gasteiger partial charge in [0.1, 0.15) is 23.8 Å². The van der Waals surface area contributed by atoms with E-state index in [2.05, 4.69) is 21.0 Å². The summed E-state index contributed by atoms with van der Waals surface area (Å²) in [5.74, 6) is 0.855. The zero-order chi connectivity index (χ0) is 26.9. The molecule has 6 nitrogen and oxygen atoms in total. The van der Waals surface area contributed by atoms with Gasteiger partial charge in [0.2, 0.25) is 5.82 Å². The largest absolute Gasteiger partial charge is 0.488 e. The molecule has 192 valence electrons. The van der Waals surface area contributed by atoms with Crippen molar-refractivity contribution in [2.75, 3.05) is 0 Å². The molecule has 9 heteroatoms. The Morgan fingerprint density at radius 3 is 2.69 bits per heavy atom. The molecule has 0 aliphatic heterocycles. The number of fused-ring (bicyclic) bond motifs is 2. The average molecular weight is 603 g/mol. The molecule has 0 saturated carbocycles. The van der Waals surface area contributed by atoms with Gasteiger partial charge in [-0.1, -0.05) is 41.9 Å². The Morgan fingerprint density at radius 1 is 1.03 bits per heavy atom. The number of aromatic nitrogens is 2. The van der Waals surface area contributed by atoms with Crippen molar-refractivity contribution in [1.29, 1.82) is 0 Å². The van der Waals surface area contributed by atoms with E-state index in [-0.39, 0.29) is 23.8 Å². The van der Waals surface area contributed by atoms with Crippen LogP contribution in [0.1, 0.15) is 11.1 Å². The van der Waals surface area contributed by atoms with Gasteiger partial charge in [0.15, 0.2) is 5.76 Å². The summed E-state index contributed by atoms with van der Waals surface area (Å²) in [7, 11) is 0. The molecule has 0 atom stereocenters. The van der Waals surface area contributed by atoms with E-state index >= 15 is 0 Å². The Bertz CT molecular complexity index is 1950. The number of halogens is 3. The second-order valence-electron chi connectivity index (χ2n) is 8.68. The van der Waals surface area contributed by atoms with Crippen molar-refractivity contribution in [2.45, 2.75) is 6.61 Å². The molecule has 0 amide bonds. The third kappa shape index (κ3) is 5.08.